The van der Waals surface area contributed by atoms with Gasteiger partial charge in [0.05, 0.1) is 13.7 Å². The number of benzene rings is 2. The van der Waals surface area contributed by atoms with Gasteiger partial charge in [-0.25, -0.2) is 0 Å². The molecule has 0 bridgehead atoms. The number of hydrogen-bond donors (Lipinski definition) is 1. The van der Waals surface area contributed by atoms with Crippen LogP contribution in [0.4, 0.5) is 5.69 Å². The molecule has 0 aliphatic carbocycles. The number of fused-ring (bicyclic) bond motifs is 1. The van der Waals surface area contributed by atoms with Crippen LogP contribution in [0.2, 0.25) is 0 Å². The second kappa shape index (κ2) is 4.28. The number of hydrogen-bond acceptors (Lipinski definition) is 3. The summed E-state index contributed by atoms with van der Waals surface area (Å²) in [5.74, 6) is 0.762. The molecule has 1 atom stereocenters. The zero-order chi connectivity index (χ0) is 13.5. The summed E-state index contributed by atoms with van der Waals surface area (Å²) in [6.07, 6.45) is 0. The van der Waals surface area contributed by atoms with Crippen LogP contribution in [0, 0.1) is 0 Å². The zero-order valence-electron chi connectivity index (χ0n) is 11.1. The Kier molecular flexibility index (Phi) is 2.72. The first-order chi connectivity index (χ1) is 9.15. The van der Waals surface area contributed by atoms with Gasteiger partial charge in [0.15, 0.2) is 0 Å². The van der Waals surface area contributed by atoms with Crippen molar-refractivity contribution in [1.82, 2.24) is 0 Å². The third kappa shape index (κ3) is 1.78. The van der Waals surface area contributed by atoms with Crippen LogP contribution in [0.3, 0.4) is 0 Å². The fourth-order valence-electron chi connectivity index (χ4n) is 2.80. The van der Waals surface area contributed by atoms with Gasteiger partial charge in [-0.2, -0.15) is 0 Å². The Morgan fingerprint density at radius 2 is 1.95 bits per heavy atom. The molecule has 3 rings (SSSR count). The van der Waals surface area contributed by atoms with E-state index in [2.05, 4.69) is 4.90 Å². The molecule has 3 nitrogen and oxygen atoms in total. The average Bonchev–Trinajstić information content (AvgIpc) is 2.73. The van der Waals surface area contributed by atoms with Crippen LogP contribution in [0.5, 0.6) is 5.75 Å². The largest absolute Gasteiger partial charge is 0.497 e. The number of nitrogens with zero attached hydrogens (tertiary/aromatic N) is 1. The molecule has 0 fully saturated rings. The van der Waals surface area contributed by atoms with E-state index in [-0.39, 0.29) is 0 Å². The lowest BCUT2D eigenvalue weighted by atomic mass is 9.88. The van der Waals surface area contributed by atoms with Gasteiger partial charge in [-0.05, 0) is 23.8 Å². The van der Waals surface area contributed by atoms with Crippen molar-refractivity contribution in [3.05, 3.63) is 59.7 Å². The molecule has 0 radical (unpaired) electrons. The van der Waals surface area contributed by atoms with E-state index >= 15 is 0 Å². The molecule has 1 N–H and O–H groups in total. The van der Waals surface area contributed by atoms with E-state index in [0.717, 1.165) is 22.6 Å². The van der Waals surface area contributed by atoms with Crippen LogP contribution >= 0.6 is 0 Å². The molecular formula is C16H17NO2. The average molecular weight is 255 g/mol. The Morgan fingerprint density at radius 1 is 1.16 bits per heavy atom. The van der Waals surface area contributed by atoms with Gasteiger partial charge in [0.2, 0.25) is 0 Å². The van der Waals surface area contributed by atoms with Gasteiger partial charge in [-0.15, -0.1) is 0 Å². The second-order valence-electron chi connectivity index (χ2n) is 4.97. The van der Waals surface area contributed by atoms with Gasteiger partial charge in [-0.3, -0.25) is 0 Å². The van der Waals surface area contributed by atoms with Crippen LogP contribution in [-0.2, 0) is 5.60 Å². The lowest BCUT2D eigenvalue weighted by molar-refractivity contribution is 0.0986. The smallest absolute Gasteiger partial charge is 0.134 e. The number of β-amino-alcohol motifs (C(OH)–C–C–N with tert-alkyl or cyclic N) is 1. The lowest BCUT2D eigenvalue weighted by Gasteiger charge is -2.24. The minimum absolute atomic E-state index is 0.555. The monoisotopic (exact) mass is 255 g/mol. The first-order valence-corrected chi connectivity index (χ1v) is 6.33. The highest BCUT2D eigenvalue weighted by molar-refractivity contribution is 5.64. The number of anilines is 1. The summed E-state index contributed by atoms with van der Waals surface area (Å²) in [6, 6.07) is 15.6. The van der Waals surface area contributed by atoms with E-state index < -0.39 is 5.60 Å². The van der Waals surface area contributed by atoms with Crippen LogP contribution in [-0.4, -0.2) is 25.8 Å². The van der Waals surface area contributed by atoms with Crippen molar-refractivity contribution in [2.24, 2.45) is 0 Å². The molecule has 2 aromatic rings. The molecule has 0 saturated carbocycles. The molecule has 1 aliphatic rings. The maximum absolute atomic E-state index is 11.1. The van der Waals surface area contributed by atoms with Gasteiger partial charge in [0.25, 0.3) is 0 Å². The standard InChI is InChI=1S/C16H17NO2/c1-17-11-16(18,14-8-3-4-9-15(14)17)12-6-5-7-13(10-12)19-2/h3-10,18H,11H2,1-2H3. The molecule has 1 heterocycles. The Balaban J connectivity index is 2.14. The highest BCUT2D eigenvalue weighted by Gasteiger charge is 2.41. The molecule has 1 aliphatic heterocycles. The third-order valence-corrected chi connectivity index (χ3v) is 3.77. The van der Waals surface area contributed by atoms with Gasteiger partial charge < -0.3 is 14.7 Å². The number of likely N-dealkylation sites (N-methyl/N-ethyl adjacent to an activating group) is 1. The molecule has 2 aromatic carbocycles. The second-order valence-corrected chi connectivity index (χ2v) is 4.97. The van der Waals surface area contributed by atoms with Crippen molar-refractivity contribution >= 4 is 5.69 Å². The number of rotatable bonds is 2. The van der Waals surface area contributed by atoms with Crippen molar-refractivity contribution in [3.8, 4) is 5.75 Å². The van der Waals surface area contributed by atoms with Crippen molar-refractivity contribution in [1.29, 1.82) is 0 Å². The van der Waals surface area contributed by atoms with E-state index in [9.17, 15) is 5.11 Å². The SMILES string of the molecule is COc1cccc(C2(O)CN(C)c3ccccc32)c1. The molecule has 1 unspecified atom stereocenters. The summed E-state index contributed by atoms with van der Waals surface area (Å²) in [5, 5.41) is 11.1. The van der Waals surface area contributed by atoms with E-state index in [1.54, 1.807) is 7.11 Å². The van der Waals surface area contributed by atoms with Crippen LogP contribution in [0.15, 0.2) is 48.5 Å². The van der Waals surface area contributed by atoms with Gasteiger partial charge >= 0.3 is 0 Å². The highest BCUT2D eigenvalue weighted by Crippen LogP contribution is 2.42. The zero-order valence-corrected chi connectivity index (χ0v) is 11.1. The van der Waals surface area contributed by atoms with Crippen molar-refractivity contribution in [2.45, 2.75) is 5.60 Å². The summed E-state index contributed by atoms with van der Waals surface area (Å²) in [7, 11) is 3.63. The minimum Gasteiger partial charge on any atom is -0.497 e. The topological polar surface area (TPSA) is 32.7 Å². The molecule has 98 valence electrons. The summed E-state index contributed by atoms with van der Waals surface area (Å²) >= 11 is 0. The van der Waals surface area contributed by atoms with Crippen molar-refractivity contribution < 1.29 is 9.84 Å². The van der Waals surface area contributed by atoms with Crippen LogP contribution < -0.4 is 9.64 Å². The Hall–Kier alpha value is -2.00. The molecule has 3 heteroatoms. The van der Waals surface area contributed by atoms with Crippen LogP contribution in [0.1, 0.15) is 11.1 Å². The third-order valence-electron chi connectivity index (χ3n) is 3.77. The van der Waals surface area contributed by atoms with Crippen molar-refractivity contribution in [2.75, 3.05) is 25.6 Å². The molecule has 0 spiro atoms. The van der Waals surface area contributed by atoms with E-state index in [1.807, 2.05) is 55.6 Å². The number of methoxy groups -OCH3 is 1. The van der Waals surface area contributed by atoms with Crippen molar-refractivity contribution in [3.63, 3.8) is 0 Å². The fourth-order valence-corrected chi connectivity index (χ4v) is 2.80. The maximum atomic E-state index is 11.1. The normalized spacial score (nSPS) is 21.3. The lowest BCUT2D eigenvalue weighted by Crippen LogP contribution is -2.32. The molecule has 0 aromatic heterocycles. The van der Waals surface area contributed by atoms with E-state index in [4.69, 9.17) is 4.74 Å². The molecule has 0 saturated heterocycles. The Labute approximate surface area is 113 Å². The predicted octanol–water partition coefficient (Wildman–Crippen LogP) is 2.38. The predicted molar refractivity (Wildman–Crippen MR) is 75.7 cm³/mol. The minimum atomic E-state index is -0.972. The Morgan fingerprint density at radius 3 is 2.74 bits per heavy atom. The van der Waals surface area contributed by atoms with Gasteiger partial charge in [-0.1, -0.05) is 30.3 Å². The van der Waals surface area contributed by atoms with Gasteiger partial charge in [0, 0.05) is 18.3 Å². The number of para-hydroxylation sites is 1. The number of ether oxygens (including phenoxy) is 1. The van der Waals surface area contributed by atoms with E-state index in [0.29, 0.717) is 6.54 Å². The fraction of sp³-hybridized carbons (Fsp3) is 0.250. The molecule has 0 amide bonds. The Bertz CT molecular complexity index is 611. The first-order valence-electron chi connectivity index (χ1n) is 6.33. The summed E-state index contributed by atoms with van der Waals surface area (Å²) in [5.41, 5.74) is 1.92. The highest BCUT2D eigenvalue weighted by atomic mass is 16.5. The van der Waals surface area contributed by atoms with Gasteiger partial charge in [0.1, 0.15) is 11.4 Å². The van der Waals surface area contributed by atoms with E-state index in [1.165, 1.54) is 0 Å². The first kappa shape index (κ1) is 12.1. The molecule has 19 heavy (non-hydrogen) atoms. The maximum Gasteiger partial charge on any atom is 0.134 e. The summed E-state index contributed by atoms with van der Waals surface area (Å²) < 4.78 is 5.25. The molecular weight excluding hydrogens is 238 g/mol. The quantitative estimate of drug-likeness (QED) is 0.894. The summed E-state index contributed by atoms with van der Waals surface area (Å²) in [6.45, 7) is 0.555. The number of aliphatic hydroxyl groups is 1. The van der Waals surface area contributed by atoms with Crippen LogP contribution in [0.25, 0.3) is 0 Å². The summed E-state index contributed by atoms with van der Waals surface area (Å²) in [4.78, 5) is 2.08.